The van der Waals surface area contributed by atoms with E-state index in [4.69, 9.17) is 9.47 Å². The Balaban J connectivity index is 1.79. The molecule has 6 heteroatoms. The molecule has 0 fully saturated rings. The van der Waals surface area contributed by atoms with Gasteiger partial charge in [-0.1, -0.05) is 12.1 Å². The van der Waals surface area contributed by atoms with Gasteiger partial charge in [0.15, 0.2) is 0 Å². The number of aryl methyl sites for hydroxylation is 1. The predicted molar refractivity (Wildman–Crippen MR) is 104 cm³/mol. The first-order chi connectivity index (χ1) is 12.7. The average Bonchev–Trinajstić information content (AvgIpc) is 2.63. The van der Waals surface area contributed by atoms with Crippen molar-refractivity contribution in [3.8, 4) is 11.5 Å². The summed E-state index contributed by atoms with van der Waals surface area (Å²) < 4.78 is 10.8. The fourth-order valence-corrected chi connectivity index (χ4v) is 2.50. The van der Waals surface area contributed by atoms with Crippen LogP contribution in [0.25, 0.3) is 0 Å². The summed E-state index contributed by atoms with van der Waals surface area (Å²) in [5.41, 5.74) is 2.59. The molecule has 0 saturated heterocycles. The zero-order valence-corrected chi connectivity index (χ0v) is 15.1. The molecule has 0 aliphatic carbocycles. The minimum Gasteiger partial charge on any atom is -0.495 e. The largest absolute Gasteiger partial charge is 0.495 e. The highest BCUT2D eigenvalue weighted by Gasteiger charge is 2.07. The second-order valence-electron chi connectivity index (χ2n) is 5.63. The molecule has 0 unspecified atom stereocenters. The molecule has 0 spiro atoms. The van der Waals surface area contributed by atoms with Gasteiger partial charge in [0.05, 0.1) is 19.4 Å². The Kier molecular flexibility index (Phi) is 5.53. The van der Waals surface area contributed by atoms with Crippen LogP contribution in [0.5, 0.6) is 11.5 Å². The summed E-state index contributed by atoms with van der Waals surface area (Å²) in [4.78, 5) is 8.99. The molecule has 0 amide bonds. The fraction of sp³-hybridized carbons (Fsp3) is 0.200. The lowest BCUT2D eigenvalue weighted by atomic mass is 10.3. The summed E-state index contributed by atoms with van der Waals surface area (Å²) in [5, 5.41) is 6.50. The van der Waals surface area contributed by atoms with E-state index >= 15 is 0 Å². The number of benzene rings is 2. The van der Waals surface area contributed by atoms with E-state index in [0.29, 0.717) is 18.4 Å². The van der Waals surface area contributed by atoms with Crippen molar-refractivity contribution in [1.82, 2.24) is 9.97 Å². The van der Waals surface area contributed by atoms with Crippen LogP contribution in [0.1, 0.15) is 12.6 Å². The van der Waals surface area contributed by atoms with Crippen molar-refractivity contribution in [2.75, 3.05) is 24.4 Å². The van der Waals surface area contributed by atoms with E-state index in [1.807, 2.05) is 68.4 Å². The van der Waals surface area contributed by atoms with Gasteiger partial charge < -0.3 is 20.1 Å². The second kappa shape index (κ2) is 8.20. The van der Waals surface area contributed by atoms with Crippen molar-refractivity contribution in [2.24, 2.45) is 0 Å². The van der Waals surface area contributed by atoms with Gasteiger partial charge in [0.2, 0.25) is 5.95 Å². The summed E-state index contributed by atoms with van der Waals surface area (Å²) in [7, 11) is 1.64. The molecular formula is C20H22N4O2. The lowest BCUT2D eigenvalue weighted by molar-refractivity contribution is 0.340. The van der Waals surface area contributed by atoms with Crippen LogP contribution in [0.2, 0.25) is 0 Å². The maximum atomic E-state index is 5.46. The Bertz CT molecular complexity index is 866. The number of methoxy groups -OCH3 is 1. The van der Waals surface area contributed by atoms with Crippen molar-refractivity contribution in [1.29, 1.82) is 0 Å². The van der Waals surface area contributed by atoms with E-state index in [9.17, 15) is 0 Å². The molecule has 26 heavy (non-hydrogen) atoms. The van der Waals surface area contributed by atoms with Crippen molar-refractivity contribution in [2.45, 2.75) is 13.8 Å². The van der Waals surface area contributed by atoms with Gasteiger partial charge in [0.1, 0.15) is 17.3 Å². The maximum Gasteiger partial charge on any atom is 0.229 e. The van der Waals surface area contributed by atoms with Gasteiger partial charge in [0, 0.05) is 17.4 Å². The molecule has 0 atom stereocenters. The van der Waals surface area contributed by atoms with Gasteiger partial charge in [-0.2, -0.15) is 4.98 Å². The molecule has 0 bridgehead atoms. The van der Waals surface area contributed by atoms with Crippen LogP contribution in [-0.4, -0.2) is 23.7 Å². The standard InChI is InChI=1S/C20H22N4O2/c1-4-26-16-11-9-15(10-12-16)22-20-21-14(2)13-19(24-20)23-17-7-5-6-8-18(17)25-3/h5-13H,4H2,1-3H3,(H2,21,22,23,24). The summed E-state index contributed by atoms with van der Waals surface area (Å²) in [6, 6.07) is 17.3. The Morgan fingerprint density at radius 1 is 0.962 bits per heavy atom. The second-order valence-corrected chi connectivity index (χ2v) is 5.63. The highest BCUT2D eigenvalue weighted by molar-refractivity contribution is 5.65. The number of ether oxygens (including phenoxy) is 2. The number of nitrogens with one attached hydrogen (secondary N) is 2. The highest BCUT2D eigenvalue weighted by Crippen LogP contribution is 2.27. The van der Waals surface area contributed by atoms with Crippen LogP contribution >= 0.6 is 0 Å². The number of hydrogen-bond donors (Lipinski definition) is 2. The normalized spacial score (nSPS) is 10.3. The number of hydrogen-bond acceptors (Lipinski definition) is 6. The van der Waals surface area contributed by atoms with Crippen molar-refractivity contribution >= 4 is 23.1 Å². The molecule has 3 aromatic rings. The molecule has 1 aromatic heterocycles. The van der Waals surface area contributed by atoms with Crippen LogP contribution < -0.4 is 20.1 Å². The van der Waals surface area contributed by atoms with E-state index in [-0.39, 0.29) is 0 Å². The lowest BCUT2D eigenvalue weighted by Crippen LogP contribution is -2.03. The first-order valence-electron chi connectivity index (χ1n) is 8.43. The SMILES string of the molecule is CCOc1ccc(Nc2nc(C)cc(Nc3ccccc3OC)n2)cc1. The zero-order valence-electron chi connectivity index (χ0n) is 15.1. The molecule has 0 saturated carbocycles. The highest BCUT2D eigenvalue weighted by atomic mass is 16.5. The third kappa shape index (κ3) is 4.42. The van der Waals surface area contributed by atoms with Gasteiger partial charge in [-0.05, 0) is 50.2 Å². The first kappa shape index (κ1) is 17.5. The van der Waals surface area contributed by atoms with Gasteiger partial charge in [-0.15, -0.1) is 0 Å². The summed E-state index contributed by atoms with van der Waals surface area (Å²) in [5.74, 6) is 2.80. The van der Waals surface area contributed by atoms with Crippen molar-refractivity contribution < 1.29 is 9.47 Å². The van der Waals surface area contributed by atoms with Crippen LogP contribution in [0, 0.1) is 6.92 Å². The molecule has 6 nitrogen and oxygen atoms in total. The number of anilines is 4. The third-order valence-electron chi connectivity index (χ3n) is 3.65. The number of rotatable bonds is 7. The fourth-order valence-electron chi connectivity index (χ4n) is 2.50. The van der Waals surface area contributed by atoms with Gasteiger partial charge in [-0.25, -0.2) is 4.98 Å². The van der Waals surface area contributed by atoms with E-state index < -0.39 is 0 Å². The van der Waals surface area contributed by atoms with E-state index in [1.165, 1.54) is 0 Å². The van der Waals surface area contributed by atoms with E-state index in [1.54, 1.807) is 7.11 Å². The maximum absolute atomic E-state index is 5.46. The van der Waals surface area contributed by atoms with Gasteiger partial charge >= 0.3 is 0 Å². The van der Waals surface area contributed by atoms with Gasteiger partial charge in [0.25, 0.3) is 0 Å². The zero-order chi connectivity index (χ0) is 18.4. The summed E-state index contributed by atoms with van der Waals surface area (Å²) in [6.45, 7) is 4.53. The summed E-state index contributed by atoms with van der Waals surface area (Å²) >= 11 is 0. The smallest absolute Gasteiger partial charge is 0.229 e. The van der Waals surface area contributed by atoms with E-state index in [2.05, 4.69) is 20.6 Å². The Morgan fingerprint density at radius 3 is 2.46 bits per heavy atom. The number of aromatic nitrogens is 2. The molecule has 2 N–H and O–H groups in total. The molecule has 3 rings (SSSR count). The van der Waals surface area contributed by atoms with Crippen molar-refractivity contribution in [3.63, 3.8) is 0 Å². The predicted octanol–water partition coefficient (Wildman–Crippen LogP) is 4.68. The molecule has 0 aliphatic rings. The summed E-state index contributed by atoms with van der Waals surface area (Å²) in [6.07, 6.45) is 0. The average molecular weight is 350 g/mol. The molecule has 0 aliphatic heterocycles. The van der Waals surface area contributed by atoms with Crippen molar-refractivity contribution in [3.05, 3.63) is 60.3 Å². The van der Waals surface area contributed by atoms with Crippen LogP contribution in [0.4, 0.5) is 23.1 Å². The monoisotopic (exact) mass is 350 g/mol. The molecule has 134 valence electrons. The third-order valence-corrected chi connectivity index (χ3v) is 3.65. The van der Waals surface area contributed by atoms with Crippen LogP contribution in [-0.2, 0) is 0 Å². The minimum atomic E-state index is 0.520. The lowest BCUT2D eigenvalue weighted by Gasteiger charge is -2.12. The number of para-hydroxylation sites is 2. The Morgan fingerprint density at radius 2 is 1.73 bits per heavy atom. The number of nitrogens with zero attached hydrogens (tertiary/aromatic N) is 2. The Labute approximate surface area is 153 Å². The molecular weight excluding hydrogens is 328 g/mol. The molecule has 0 radical (unpaired) electrons. The Hall–Kier alpha value is -3.28. The molecule has 2 aromatic carbocycles. The van der Waals surface area contributed by atoms with Gasteiger partial charge in [-0.3, -0.25) is 0 Å². The van der Waals surface area contributed by atoms with Crippen LogP contribution in [0.15, 0.2) is 54.6 Å². The van der Waals surface area contributed by atoms with E-state index in [0.717, 1.165) is 28.6 Å². The molecule has 1 heterocycles. The quantitative estimate of drug-likeness (QED) is 0.645. The topological polar surface area (TPSA) is 68.3 Å². The first-order valence-corrected chi connectivity index (χ1v) is 8.43. The minimum absolute atomic E-state index is 0.520. The van der Waals surface area contributed by atoms with Crippen LogP contribution in [0.3, 0.4) is 0 Å².